The van der Waals surface area contributed by atoms with Gasteiger partial charge in [-0.1, -0.05) is 23.4 Å². The van der Waals surface area contributed by atoms with Gasteiger partial charge in [-0.3, -0.25) is 9.58 Å². The monoisotopic (exact) mass is 287 g/mol. The third-order valence-corrected chi connectivity index (χ3v) is 3.25. The smallest absolute Gasteiger partial charge is 0.170 e. The molecule has 112 valence electrons. The summed E-state index contributed by atoms with van der Waals surface area (Å²) >= 11 is 0. The van der Waals surface area contributed by atoms with Crippen molar-refractivity contribution in [2.75, 3.05) is 7.05 Å². The Morgan fingerprint density at radius 1 is 1.38 bits per heavy atom. The van der Waals surface area contributed by atoms with Gasteiger partial charge in [-0.05, 0) is 25.6 Å². The van der Waals surface area contributed by atoms with Crippen molar-refractivity contribution in [1.29, 1.82) is 0 Å². The van der Waals surface area contributed by atoms with E-state index in [0.717, 1.165) is 30.8 Å². The van der Waals surface area contributed by atoms with E-state index in [1.54, 1.807) is 0 Å². The van der Waals surface area contributed by atoms with Crippen molar-refractivity contribution in [2.24, 2.45) is 10.9 Å². The molecule has 1 aromatic carbocycles. The lowest BCUT2D eigenvalue weighted by Gasteiger charge is -2.16. The summed E-state index contributed by atoms with van der Waals surface area (Å²) in [6.07, 6.45) is 3.95. The molecule has 6 heteroatoms. The fourth-order valence-corrected chi connectivity index (χ4v) is 2.23. The lowest BCUT2D eigenvalue weighted by molar-refractivity contribution is 0.318. The van der Waals surface area contributed by atoms with Gasteiger partial charge >= 0.3 is 0 Å². The van der Waals surface area contributed by atoms with Crippen LogP contribution in [0.1, 0.15) is 23.6 Å². The molecular weight excluding hydrogens is 266 g/mol. The maximum absolute atomic E-state index is 8.72. The van der Waals surface area contributed by atoms with Crippen LogP contribution >= 0.6 is 0 Å². The molecular formula is C15H21N5O. The van der Waals surface area contributed by atoms with Crippen molar-refractivity contribution >= 4 is 5.84 Å². The molecule has 0 atom stereocenters. The first-order valence-electron chi connectivity index (χ1n) is 6.89. The first-order valence-corrected chi connectivity index (χ1v) is 6.89. The number of benzene rings is 1. The van der Waals surface area contributed by atoms with Gasteiger partial charge in [-0.25, -0.2) is 0 Å². The minimum absolute atomic E-state index is 0.128. The summed E-state index contributed by atoms with van der Waals surface area (Å²) in [6, 6.07) is 7.69. The van der Waals surface area contributed by atoms with Crippen molar-refractivity contribution < 1.29 is 5.21 Å². The number of nitrogens with zero attached hydrogens (tertiary/aromatic N) is 4. The van der Waals surface area contributed by atoms with Crippen LogP contribution in [0.5, 0.6) is 0 Å². The zero-order chi connectivity index (χ0) is 15.2. The Morgan fingerprint density at radius 2 is 2.14 bits per heavy atom. The van der Waals surface area contributed by atoms with Crippen LogP contribution in [0.3, 0.4) is 0 Å². The second-order valence-electron chi connectivity index (χ2n) is 5.06. The highest BCUT2D eigenvalue weighted by Crippen LogP contribution is 2.10. The average Bonchev–Trinajstić information content (AvgIpc) is 2.94. The van der Waals surface area contributed by atoms with Gasteiger partial charge in [0.05, 0.1) is 6.20 Å². The van der Waals surface area contributed by atoms with E-state index < -0.39 is 0 Å². The number of rotatable bonds is 6. The Balaban J connectivity index is 2.00. The molecule has 0 amide bonds. The second kappa shape index (κ2) is 6.90. The third kappa shape index (κ3) is 4.06. The van der Waals surface area contributed by atoms with Crippen LogP contribution in [0.2, 0.25) is 0 Å². The molecule has 0 spiro atoms. The molecule has 2 aromatic rings. The van der Waals surface area contributed by atoms with E-state index in [1.165, 1.54) is 5.56 Å². The highest BCUT2D eigenvalue weighted by atomic mass is 16.4. The lowest BCUT2D eigenvalue weighted by atomic mass is 10.1. The van der Waals surface area contributed by atoms with E-state index in [-0.39, 0.29) is 5.84 Å². The Labute approximate surface area is 124 Å². The van der Waals surface area contributed by atoms with Gasteiger partial charge in [0.1, 0.15) is 0 Å². The predicted molar refractivity (Wildman–Crippen MR) is 82.0 cm³/mol. The maximum Gasteiger partial charge on any atom is 0.170 e. The van der Waals surface area contributed by atoms with E-state index in [9.17, 15) is 0 Å². The zero-order valence-electron chi connectivity index (χ0n) is 12.4. The zero-order valence-corrected chi connectivity index (χ0v) is 12.4. The molecule has 0 saturated heterocycles. The third-order valence-electron chi connectivity index (χ3n) is 3.25. The van der Waals surface area contributed by atoms with Crippen molar-refractivity contribution in [3.8, 4) is 0 Å². The summed E-state index contributed by atoms with van der Waals surface area (Å²) in [7, 11) is 2.06. The van der Waals surface area contributed by atoms with Crippen LogP contribution in [-0.4, -0.2) is 32.8 Å². The van der Waals surface area contributed by atoms with Gasteiger partial charge in [0.2, 0.25) is 0 Å². The molecule has 6 nitrogen and oxygen atoms in total. The number of hydrogen-bond acceptors (Lipinski definition) is 4. The summed E-state index contributed by atoms with van der Waals surface area (Å²) in [5, 5.41) is 16.0. The molecule has 0 unspecified atom stereocenters. The molecule has 0 fully saturated rings. The molecule has 0 aliphatic carbocycles. The molecule has 1 heterocycles. The Bertz CT molecular complexity index is 620. The summed E-state index contributed by atoms with van der Waals surface area (Å²) < 4.78 is 1.92. The number of nitrogens with two attached hydrogens (primary N) is 1. The van der Waals surface area contributed by atoms with Crippen LogP contribution < -0.4 is 5.73 Å². The first-order chi connectivity index (χ1) is 10.1. The van der Waals surface area contributed by atoms with Gasteiger partial charge in [0, 0.05) is 37.0 Å². The van der Waals surface area contributed by atoms with E-state index in [0.29, 0.717) is 0 Å². The highest BCUT2D eigenvalue weighted by molar-refractivity contribution is 5.97. The Kier molecular flexibility index (Phi) is 4.94. The standard InChI is InChI=1S/C15H21N5O/c1-3-20-11-13(8-17-20)10-19(2)9-12-5-4-6-14(7-12)15(16)18-21/h4-8,11,21H,3,9-10H2,1-2H3,(H2,16,18). The normalized spacial score (nSPS) is 12.0. The predicted octanol–water partition coefficient (Wildman–Crippen LogP) is 1.63. The fraction of sp³-hybridized carbons (Fsp3) is 0.333. The van der Waals surface area contributed by atoms with Gasteiger partial charge in [-0.2, -0.15) is 5.10 Å². The van der Waals surface area contributed by atoms with Crippen LogP contribution in [0.4, 0.5) is 0 Å². The lowest BCUT2D eigenvalue weighted by Crippen LogP contribution is -2.18. The van der Waals surface area contributed by atoms with Crippen molar-refractivity contribution in [2.45, 2.75) is 26.6 Å². The maximum atomic E-state index is 8.72. The molecule has 1 aromatic heterocycles. The Morgan fingerprint density at radius 3 is 2.81 bits per heavy atom. The molecule has 0 aliphatic rings. The number of oxime groups is 1. The summed E-state index contributed by atoms with van der Waals surface area (Å²) in [6.45, 7) is 4.56. The number of aryl methyl sites for hydroxylation is 1. The first kappa shape index (κ1) is 15.1. The van der Waals surface area contributed by atoms with Crippen LogP contribution in [0.15, 0.2) is 41.8 Å². The molecule has 0 aliphatic heterocycles. The Hall–Kier alpha value is -2.34. The number of amidine groups is 1. The number of hydrogen-bond donors (Lipinski definition) is 2. The number of aromatic nitrogens is 2. The van der Waals surface area contributed by atoms with Crippen LogP contribution in [0, 0.1) is 0 Å². The molecule has 2 rings (SSSR count). The van der Waals surface area contributed by atoms with Crippen LogP contribution in [-0.2, 0) is 19.6 Å². The molecule has 0 bridgehead atoms. The molecule has 3 N–H and O–H groups in total. The van der Waals surface area contributed by atoms with E-state index in [1.807, 2.05) is 35.1 Å². The topological polar surface area (TPSA) is 79.7 Å². The van der Waals surface area contributed by atoms with Crippen molar-refractivity contribution in [3.05, 3.63) is 53.3 Å². The minimum Gasteiger partial charge on any atom is -0.409 e. The summed E-state index contributed by atoms with van der Waals surface area (Å²) in [5.74, 6) is 0.128. The SMILES string of the molecule is CCn1cc(CN(C)Cc2cccc(C(N)=NO)c2)cn1. The van der Waals surface area contributed by atoms with Gasteiger partial charge in [0.15, 0.2) is 5.84 Å². The summed E-state index contributed by atoms with van der Waals surface area (Å²) in [5.41, 5.74) is 8.64. The van der Waals surface area contributed by atoms with Crippen LogP contribution in [0.25, 0.3) is 0 Å². The minimum atomic E-state index is 0.128. The second-order valence-corrected chi connectivity index (χ2v) is 5.06. The molecule has 0 saturated carbocycles. The van der Waals surface area contributed by atoms with E-state index in [4.69, 9.17) is 10.9 Å². The molecule has 21 heavy (non-hydrogen) atoms. The fourth-order valence-electron chi connectivity index (χ4n) is 2.23. The largest absolute Gasteiger partial charge is 0.409 e. The van der Waals surface area contributed by atoms with Gasteiger partial charge < -0.3 is 10.9 Å². The van der Waals surface area contributed by atoms with Crippen molar-refractivity contribution in [3.63, 3.8) is 0 Å². The van der Waals surface area contributed by atoms with E-state index >= 15 is 0 Å². The highest BCUT2D eigenvalue weighted by Gasteiger charge is 2.06. The molecule has 0 radical (unpaired) electrons. The summed E-state index contributed by atoms with van der Waals surface area (Å²) in [4.78, 5) is 2.20. The quantitative estimate of drug-likeness (QED) is 0.366. The van der Waals surface area contributed by atoms with Gasteiger partial charge in [0.25, 0.3) is 0 Å². The van der Waals surface area contributed by atoms with Gasteiger partial charge in [-0.15, -0.1) is 0 Å². The van der Waals surface area contributed by atoms with Crippen molar-refractivity contribution in [1.82, 2.24) is 14.7 Å². The van der Waals surface area contributed by atoms with E-state index in [2.05, 4.69) is 35.3 Å². The average molecular weight is 287 g/mol.